The van der Waals surface area contributed by atoms with E-state index in [1.165, 1.54) is 7.11 Å². The number of aliphatic hydroxyl groups excluding tert-OH is 2. The van der Waals surface area contributed by atoms with Gasteiger partial charge < -0.3 is 14.9 Å². The van der Waals surface area contributed by atoms with Gasteiger partial charge in [-0.05, 0) is 12.5 Å². The Morgan fingerprint density at radius 2 is 2.00 bits per heavy atom. The molecule has 0 spiro atoms. The van der Waals surface area contributed by atoms with Crippen LogP contribution in [0.3, 0.4) is 0 Å². The average molecular weight is 265 g/mol. The van der Waals surface area contributed by atoms with Crippen molar-refractivity contribution in [2.24, 2.45) is 0 Å². The van der Waals surface area contributed by atoms with Gasteiger partial charge in [0.25, 0.3) is 0 Å². The topological polar surface area (TPSA) is 69.8 Å². The van der Waals surface area contributed by atoms with E-state index in [0.717, 1.165) is 5.56 Å². The molecular weight excluding hydrogens is 246 g/mol. The zero-order valence-electron chi connectivity index (χ0n) is 11.1. The van der Waals surface area contributed by atoms with Crippen LogP contribution in [0.4, 0.5) is 0 Å². The van der Waals surface area contributed by atoms with E-state index in [1.54, 1.807) is 0 Å². The van der Waals surface area contributed by atoms with E-state index in [9.17, 15) is 15.0 Å². The van der Waals surface area contributed by atoms with Gasteiger partial charge in [-0.2, -0.15) is 0 Å². The molecule has 1 unspecified atom stereocenters. The lowest BCUT2D eigenvalue weighted by atomic mass is 10.1. The summed E-state index contributed by atoms with van der Waals surface area (Å²) in [6.07, 6.45) is -2.60. The highest BCUT2D eigenvalue weighted by Crippen LogP contribution is 2.34. The van der Waals surface area contributed by atoms with Crippen molar-refractivity contribution < 1.29 is 19.7 Å². The predicted octanol–water partition coefficient (Wildman–Crippen LogP) is 0.327. The number of ether oxygens (including phenoxy) is 1. The molecular formula is C14H19NO4. The van der Waals surface area contributed by atoms with Crippen LogP contribution in [0.15, 0.2) is 30.3 Å². The van der Waals surface area contributed by atoms with Crippen LogP contribution in [0.5, 0.6) is 0 Å². The maximum atomic E-state index is 11.2. The minimum Gasteiger partial charge on any atom is -0.467 e. The van der Waals surface area contributed by atoms with Crippen LogP contribution < -0.4 is 0 Å². The Morgan fingerprint density at radius 1 is 1.37 bits per heavy atom. The van der Waals surface area contributed by atoms with Gasteiger partial charge in [0.05, 0.1) is 13.2 Å². The Kier molecular flexibility index (Phi) is 4.19. The van der Waals surface area contributed by atoms with E-state index in [2.05, 4.69) is 4.74 Å². The van der Waals surface area contributed by atoms with Gasteiger partial charge in [-0.25, -0.2) is 4.79 Å². The minimum atomic E-state index is -1.48. The number of carbonyl (C=O) groups excluding carboxylic acids is 1. The SMILES string of the molecule is COC(=O)[C@H](O)[C@H](O)[C@H]1CN1[C@H](C)c1ccccc1. The second kappa shape index (κ2) is 5.69. The van der Waals surface area contributed by atoms with Crippen molar-refractivity contribution in [3.8, 4) is 0 Å². The maximum absolute atomic E-state index is 11.2. The van der Waals surface area contributed by atoms with Gasteiger partial charge in [-0.15, -0.1) is 0 Å². The van der Waals surface area contributed by atoms with Crippen LogP contribution in [0.25, 0.3) is 0 Å². The number of aliphatic hydroxyl groups is 2. The quantitative estimate of drug-likeness (QED) is 0.593. The number of methoxy groups -OCH3 is 1. The first-order chi connectivity index (χ1) is 9.06. The number of hydrogen-bond donors (Lipinski definition) is 2. The smallest absolute Gasteiger partial charge is 0.337 e. The first kappa shape index (κ1) is 14.0. The van der Waals surface area contributed by atoms with Gasteiger partial charge in [0, 0.05) is 12.6 Å². The largest absolute Gasteiger partial charge is 0.467 e. The summed E-state index contributed by atoms with van der Waals surface area (Å²) in [4.78, 5) is 13.2. The molecule has 0 saturated carbocycles. The molecule has 1 heterocycles. The molecule has 0 amide bonds. The van der Waals surface area contributed by atoms with Crippen LogP contribution in [0, 0.1) is 0 Å². The molecule has 5 nitrogen and oxygen atoms in total. The lowest BCUT2D eigenvalue weighted by Gasteiger charge is -2.19. The minimum absolute atomic E-state index is 0.144. The monoisotopic (exact) mass is 265 g/mol. The fourth-order valence-corrected chi connectivity index (χ4v) is 2.31. The van der Waals surface area contributed by atoms with Crippen LogP contribution in [-0.4, -0.2) is 53.0 Å². The second-order valence-electron chi connectivity index (χ2n) is 4.81. The van der Waals surface area contributed by atoms with Crippen molar-refractivity contribution in [2.75, 3.05) is 13.7 Å². The summed E-state index contributed by atoms with van der Waals surface area (Å²) in [7, 11) is 1.19. The van der Waals surface area contributed by atoms with Gasteiger partial charge in [0.2, 0.25) is 0 Å². The Labute approximate surface area is 112 Å². The normalized spacial score (nSPS) is 26.3. The highest BCUT2D eigenvalue weighted by Gasteiger charge is 2.47. The first-order valence-corrected chi connectivity index (χ1v) is 6.31. The van der Waals surface area contributed by atoms with Crippen molar-refractivity contribution in [3.63, 3.8) is 0 Å². The van der Waals surface area contributed by atoms with Crippen molar-refractivity contribution >= 4 is 5.97 Å². The summed E-state index contributed by atoms with van der Waals surface area (Å²) in [5.41, 5.74) is 1.14. The maximum Gasteiger partial charge on any atom is 0.337 e. The molecule has 0 radical (unpaired) electrons. The molecule has 1 aromatic carbocycles. The molecule has 0 aromatic heterocycles. The summed E-state index contributed by atoms with van der Waals surface area (Å²) in [5.74, 6) is -0.799. The average Bonchev–Trinajstić information content (AvgIpc) is 3.25. The van der Waals surface area contributed by atoms with E-state index in [-0.39, 0.29) is 12.1 Å². The summed E-state index contributed by atoms with van der Waals surface area (Å²) >= 11 is 0. The molecule has 2 rings (SSSR count). The molecule has 2 N–H and O–H groups in total. The summed E-state index contributed by atoms with van der Waals surface area (Å²) in [6.45, 7) is 2.69. The van der Waals surface area contributed by atoms with Crippen molar-refractivity contribution in [1.29, 1.82) is 0 Å². The molecule has 5 atom stereocenters. The molecule has 5 heteroatoms. The highest BCUT2D eigenvalue weighted by molar-refractivity contribution is 5.75. The molecule has 0 aliphatic carbocycles. The third-order valence-corrected chi connectivity index (χ3v) is 3.63. The van der Waals surface area contributed by atoms with Gasteiger partial charge >= 0.3 is 5.97 Å². The van der Waals surface area contributed by atoms with Crippen molar-refractivity contribution in [3.05, 3.63) is 35.9 Å². The third kappa shape index (κ3) is 2.94. The van der Waals surface area contributed by atoms with Crippen LogP contribution >= 0.6 is 0 Å². The lowest BCUT2D eigenvalue weighted by Crippen LogP contribution is -2.39. The Bertz CT molecular complexity index is 436. The van der Waals surface area contributed by atoms with E-state index in [1.807, 2.05) is 42.2 Å². The Hall–Kier alpha value is -1.43. The Balaban J connectivity index is 1.95. The van der Waals surface area contributed by atoms with Crippen molar-refractivity contribution in [2.45, 2.75) is 31.2 Å². The Morgan fingerprint density at radius 3 is 2.58 bits per heavy atom. The molecule has 1 fully saturated rings. The van der Waals surface area contributed by atoms with Crippen LogP contribution in [0.1, 0.15) is 18.5 Å². The second-order valence-corrected chi connectivity index (χ2v) is 4.81. The van der Waals surface area contributed by atoms with Gasteiger partial charge in [0.1, 0.15) is 6.10 Å². The van der Waals surface area contributed by atoms with Gasteiger partial charge in [-0.3, -0.25) is 4.90 Å². The van der Waals surface area contributed by atoms with E-state index in [0.29, 0.717) is 6.54 Å². The number of carbonyl (C=O) groups is 1. The number of rotatable bonds is 5. The lowest BCUT2D eigenvalue weighted by molar-refractivity contribution is -0.156. The number of benzene rings is 1. The summed E-state index contributed by atoms with van der Waals surface area (Å²) in [5, 5.41) is 19.5. The fraction of sp³-hybridized carbons (Fsp3) is 0.500. The van der Waals surface area contributed by atoms with E-state index in [4.69, 9.17) is 0 Å². The zero-order chi connectivity index (χ0) is 14.0. The highest BCUT2D eigenvalue weighted by atomic mass is 16.5. The molecule has 1 aromatic rings. The zero-order valence-corrected chi connectivity index (χ0v) is 11.1. The van der Waals surface area contributed by atoms with Crippen LogP contribution in [0.2, 0.25) is 0 Å². The van der Waals surface area contributed by atoms with E-state index < -0.39 is 18.2 Å². The van der Waals surface area contributed by atoms with Crippen LogP contribution in [-0.2, 0) is 9.53 Å². The third-order valence-electron chi connectivity index (χ3n) is 3.63. The van der Waals surface area contributed by atoms with Gasteiger partial charge in [0.15, 0.2) is 6.10 Å². The number of hydrogen-bond acceptors (Lipinski definition) is 5. The first-order valence-electron chi connectivity index (χ1n) is 6.31. The number of nitrogens with zero attached hydrogens (tertiary/aromatic N) is 1. The van der Waals surface area contributed by atoms with Crippen molar-refractivity contribution in [1.82, 2.24) is 4.90 Å². The summed E-state index contributed by atoms with van der Waals surface area (Å²) < 4.78 is 4.42. The summed E-state index contributed by atoms with van der Waals surface area (Å²) in [6, 6.07) is 9.85. The molecule has 19 heavy (non-hydrogen) atoms. The van der Waals surface area contributed by atoms with Gasteiger partial charge in [-0.1, -0.05) is 30.3 Å². The molecule has 1 aliphatic rings. The predicted molar refractivity (Wildman–Crippen MR) is 69.4 cm³/mol. The molecule has 0 bridgehead atoms. The van der Waals surface area contributed by atoms with E-state index >= 15 is 0 Å². The standard InChI is InChI=1S/C14H19NO4/c1-9(10-6-4-3-5-7-10)15-8-11(15)12(16)13(17)14(18)19-2/h3-7,9,11-13,16-17H,8H2,1-2H3/t9-,11-,12-,13-,15?/m1/s1. The molecule has 104 valence electrons. The molecule has 1 saturated heterocycles. The number of esters is 1. The molecule has 1 aliphatic heterocycles. The fourth-order valence-electron chi connectivity index (χ4n) is 2.31.